The third-order valence-corrected chi connectivity index (χ3v) is 2.20. The van der Waals surface area contributed by atoms with Crippen LogP contribution in [-0.2, 0) is 13.6 Å². The Bertz CT molecular complexity index is 514. The molecule has 0 bridgehead atoms. The van der Waals surface area contributed by atoms with Crippen LogP contribution in [0, 0.1) is 11.3 Å². The van der Waals surface area contributed by atoms with Crippen LogP contribution in [0.15, 0.2) is 18.6 Å². The summed E-state index contributed by atoms with van der Waals surface area (Å²) in [5.41, 5.74) is 2.20. The molecule has 0 radical (unpaired) electrons. The molecule has 15 heavy (non-hydrogen) atoms. The Balaban J connectivity index is 2.49. The van der Waals surface area contributed by atoms with Crippen LogP contribution in [0.4, 0.5) is 0 Å². The number of rotatable bonds is 2. The molecule has 0 atom stereocenters. The van der Waals surface area contributed by atoms with Gasteiger partial charge in [0.1, 0.15) is 6.07 Å². The first-order chi connectivity index (χ1) is 7.24. The number of hydrogen-bond donors (Lipinski definition) is 0. The van der Waals surface area contributed by atoms with Gasteiger partial charge in [0.05, 0.1) is 6.20 Å². The Morgan fingerprint density at radius 2 is 2.27 bits per heavy atom. The molecule has 0 aliphatic heterocycles. The molecule has 2 heterocycles. The van der Waals surface area contributed by atoms with Crippen LogP contribution < -0.4 is 0 Å². The molecule has 2 aromatic heterocycles. The highest BCUT2D eigenvalue weighted by Gasteiger charge is 2.10. The first kappa shape index (κ1) is 9.46. The van der Waals surface area contributed by atoms with E-state index in [0.29, 0.717) is 5.69 Å². The Morgan fingerprint density at radius 1 is 1.47 bits per heavy atom. The fraction of sp³-hybridized carbons (Fsp3) is 0.300. The highest BCUT2D eigenvalue weighted by atomic mass is 15.3. The molecule has 0 fully saturated rings. The number of nitriles is 1. The van der Waals surface area contributed by atoms with E-state index in [1.54, 1.807) is 17.9 Å². The topological polar surface area (TPSA) is 59.4 Å². The predicted octanol–water partition coefficient (Wildman–Crippen LogP) is 1.18. The zero-order chi connectivity index (χ0) is 10.8. The van der Waals surface area contributed by atoms with Crippen LogP contribution in [0.5, 0.6) is 0 Å². The van der Waals surface area contributed by atoms with E-state index in [-0.39, 0.29) is 0 Å². The normalized spacial score (nSPS) is 10.2. The molecule has 0 saturated carbocycles. The maximum atomic E-state index is 8.90. The fourth-order valence-electron chi connectivity index (χ4n) is 1.46. The number of nitrogens with zero attached hydrogens (tertiary/aromatic N) is 5. The van der Waals surface area contributed by atoms with Crippen LogP contribution in [0.1, 0.15) is 12.6 Å². The van der Waals surface area contributed by atoms with Crippen LogP contribution in [0.25, 0.3) is 11.1 Å². The van der Waals surface area contributed by atoms with Crippen molar-refractivity contribution >= 4 is 0 Å². The third-order valence-electron chi connectivity index (χ3n) is 2.20. The molecule has 2 aromatic rings. The van der Waals surface area contributed by atoms with Gasteiger partial charge >= 0.3 is 0 Å². The van der Waals surface area contributed by atoms with Gasteiger partial charge in [0.15, 0.2) is 5.69 Å². The van der Waals surface area contributed by atoms with Gasteiger partial charge in [-0.25, -0.2) is 0 Å². The van der Waals surface area contributed by atoms with E-state index in [1.807, 2.05) is 24.0 Å². The first-order valence-electron chi connectivity index (χ1n) is 4.71. The third kappa shape index (κ3) is 1.62. The summed E-state index contributed by atoms with van der Waals surface area (Å²) in [5, 5.41) is 17.1. The summed E-state index contributed by atoms with van der Waals surface area (Å²) in [6, 6.07) is 2.07. The maximum absolute atomic E-state index is 8.90. The van der Waals surface area contributed by atoms with Crippen LogP contribution in [-0.4, -0.2) is 19.6 Å². The highest BCUT2D eigenvalue weighted by Crippen LogP contribution is 2.21. The Kier molecular flexibility index (Phi) is 2.26. The van der Waals surface area contributed by atoms with Gasteiger partial charge in [-0.1, -0.05) is 0 Å². The van der Waals surface area contributed by atoms with E-state index in [0.717, 1.165) is 17.7 Å². The van der Waals surface area contributed by atoms with E-state index >= 15 is 0 Å². The Hall–Kier alpha value is -2.09. The summed E-state index contributed by atoms with van der Waals surface area (Å²) >= 11 is 0. The van der Waals surface area contributed by atoms with Gasteiger partial charge in [0, 0.05) is 37.1 Å². The fourth-order valence-corrected chi connectivity index (χ4v) is 1.46. The van der Waals surface area contributed by atoms with Crippen molar-refractivity contribution in [1.82, 2.24) is 19.6 Å². The molecule has 0 unspecified atom stereocenters. The average molecular weight is 201 g/mol. The molecule has 0 aliphatic carbocycles. The smallest absolute Gasteiger partial charge is 0.170 e. The first-order valence-corrected chi connectivity index (χ1v) is 4.71. The summed E-state index contributed by atoms with van der Waals surface area (Å²) in [4.78, 5) is 0. The lowest BCUT2D eigenvalue weighted by Gasteiger charge is -1.91. The Labute approximate surface area is 87.6 Å². The van der Waals surface area contributed by atoms with E-state index in [2.05, 4.69) is 16.3 Å². The highest BCUT2D eigenvalue weighted by molar-refractivity contribution is 5.66. The van der Waals surface area contributed by atoms with Gasteiger partial charge in [-0.05, 0) is 6.92 Å². The molecule has 0 N–H and O–H groups in total. The van der Waals surface area contributed by atoms with E-state index in [4.69, 9.17) is 5.26 Å². The van der Waals surface area contributed by atoms with Crippen molar-refractivity contribution in [3.63, 3.8) is 0 Å². The lowest BCUT2D eigenvalue weighted by atomic mass is 10.1. The van der Waals surface area contributed by atoms with Crippen LogP contribution >= 0.6 is 0 Å². The Morgan fingerprint density at radius 3 is 2.87 bits per heavy atom. The van der Waals surface area contributed by atoms with Gasteiger partial charge < -0.3 is 0 Å². The second kappa shape index (κ2) is 3.58. The SMILES string of the molecule is CCn1cc(-c2cn(C)nc2C#N)cn1. The second-order valence-electron chi connectivity index (χ2n) is 3.26. The zero-order valence-corrected chi connectivity index (χ0v) is 8.68. The molecule has 0 saturated heterocycles. The largest absolute Gasteiger partial charge is 0.274 e. The molecule has 2 rings (SSSR count). The molecule has 0 aliphatic rings. The lowest BCUT2D eigenvalue weighted by Crippen LogP contribution is -1.91. The van der Waals surface area contributed by atoms with Crippen molar-refractivity contribution in [2.24, 2.45) is 7.05 Å². The molecule has 0 spiro atoms. The van der Waals surface area contributed by atoms with Crippen molar-refractivity contribution in [1.29, 1.82) is 5.26 Å². The van der Waals surface area contributed by atoms with Crippen molar-refractivity contribution in [2.75, 3.05) is 0 Å². The predicted molar refractivity (Wildman–Crippen MR) is 54.8 cm³/mol. The monoisotopic (exact) mass is 201 g/mol. The maximum Gasteiger partial charge on any atom is 0.170 e. The summed E-state index contributed by atoms with van der Waals surface area (Å²) in [5.74, 6) is 0. The van der Waals surface area contributed by atoms with E-state index < -0.39 is 0 Å². The summed E-state index contributed by atoms with van der Waals surface area (Å²) in [6.45, 7) is 2.84. The van der Waals surface area contributed by atoms with E-state index in [1.165, 1.54) is 0 Å². The average Bonchev–Trinajstić information content (AvgIpc) is 2.82. The number of aromatic nitrogens is 4. The lowest BCUT2D eigenvalue weighted by molar-refractivity contribution is 0.660. The van der Waals surface area contributed by atoms with Gasteiger partial charge in [0.25, 0.3) is 0 Å². The van der Waals surface area contributed by atoms with Crippen molar-refractivity contribution < 1.29 is 0 Å². The van der Waals surface area contributed by atoms with Gasteiger partial charge in [-0.2, -0.15) is 15.5 Å². The summed E-state index contributed by atoms with van der Waals surface area (Å²) in [7, 11) is 1.80. The second-order valence-corrected chi connectivity index (χ2v) is 3.26. The minimum atomic E-state index is 0.438. The molecule has 5 nitrogen and oxygen atoms in total. The van der Waals surface area contributed by atoms with Crippen LogP contribution in [0.2, 0.25) is 0 Å². The van der Waals surface area contributed by atoms with Crippen LogP contribution in [0.3, 0.4) is 0 Å². The number of hydrogen-bond acceptors (Lipinski definition) is 3. The molecular weight excluding hydrogens is 190 g/mol. The minimum absolute atomic E-state index is 0.438. The molecule has 76 valence electrons. The van der Waals surface area contributed by atoms with E-state index in [9.17, 15) is 0 Å². The van der Waals surface area contributed by atoms with Gasteiger partial charge in [0.2, 0.25) is 0 Å². The molecule has 0 amide bonds. The molecule has 0 aromatic carbocycles. The van der Waals surface area contributed by atoms with Crippen molar-refractivity contribution in [3.05, 3.63) is 24.3 Å². The quantitative estimate of drug-likeness (QED) is 0.732. The van der Waals surface area contributed by atoms with Crippen molar-refractivity contribution in [2.45, 2.75) is 13.5 Å². The summed E-state index contributed by atoms with van der Waals surface area (Å²) < 4.78 is 3.46. The zero-order valence-electron chi connectivity index (χ0n) is 8.68. The minimum Gasteiger partial charge on any atom is -0.274 e. The van der Waals surface area contributed by atoms with Gasteiger partial charge in [-0.3, -0.25) is 9.36 Å². The standard InChI is InChI=1S/C10H11N5/c1-3-15-6-8(5-12-15)9-7-14(2)13-10(9)4-11/h5-7H,3H2,1-2H3. The van der Waals surface area contributed by atoms with Crippen molar-refractivity contribution in [3.8, 4) is 17.2 Å². The number of aryl methyl sites for hydroxylation is 2. The van der Waals surface area contributed by atoms with Gasteiger partial charge in [-0.15, -0.1) is 0 Å². The molecule has 5 heteroatoms. The molecular formula is C10H11N5. The summed E-state index contributed by atoms with van der Waals surface area (Å²) in [6.07, 6.45) is 5.49.